The van der Waals surface area contributed by atoms with Crippen LogP contribution in [0.4, 0.5) is 0 Å². The number of hydrogen-bond acceptors (Lipinski definition) is 6. The number of carboxylic acids is 1. The summed E-state index contributed by atoms with van der Waals surface area (Å²) in [6.45, 7) is 4.55. The second-order valence-electron chi connectivity index (χ2n) is 8.21. The minimum absolute atomic E-state index is 0.0140. The Hall–Kier alpha value is -2.82. The molecule has 2 aromatic carbocycles. The van der Waals surface area contributed by atoms with Crippen LogP contribution in [0.15, 0.2) is 47.4 Å². The minimum Gasteiger partial charge on any atom is -0.481 e. The van der Waals surface area contributed by atoms with E-state index in [1.807, 2.05) is 42.8 Å². The lowest BCUT2D eigenvalue weighted by Gasteiger charge is -2.17. The predicted octanol–water partition coefficient (Wildman–Crippen LogP) is 3.46. The van der Waals surface area contributed by atoms with Gasteiger partial charge in [-0.3, -0.25) is 9.48 Å². The molecule has 2 aromatic heterocycles. The van der Waals surface area contributed by atoms with Crippen LogP contribution in [0, 0.1) is 12.8 Å². The van der Waals surface area contributed by atoms with E-state index < -0.39 is 16.0 Å². The third-order valence-electron chi connectivity index (χ3n) is 5.97. The van der Waals surface area contributed by atoms with Crippen molar-refractivity contribution in [1.29, 1.82) is 0 Å². The van der Waals surface area contributed by atoms with Gasteiger partial charge < -0.3 is 5.11 Å². The monoisotopic (exact) mass is 470 g/mol. The molecule has 1 N–H and O–H groups in total. The molecule has 8 nitrogen and oxygen atoms in total. The van der Waals surface area contributed by atoms with Gasteiger partial charge in [0.25, 0.3) is 0 Å². The van der Waals surface area contributed by atoms with E-state index in [1.54, 1.807) is 18.2 Å². The number of aromatic nitrogens is 3. The van der Waals surface area contributed by atoms with E-state index in [0.29, 0.717) is 12.2 Å². The zero-order valence-corrected chi connectivity index (χ0v) is 19.2. The molecule has 0 spiro atoms. The molecule has 32 heavy (non-hydrogen) atoms. The largest absolute Gasteiger partial charge is 0.481 e. The Balaban J connectivity index is 1.50. The van der Waals surface area contributed by atoms with Gasteiger partial charge in [-0.15, -0.1) is 11.3 Å². The molecule has 5 rings (SSSR count). The van der Waals surface area contributed by atoms with Gasteiger partial charge in [0.05, 0.1) is 43.8 Å². The highest BCUT2D eigenvalue weighted by Gasteiger charge is 2.39. The number of para-hydroxylation sites is 1. The van der Waals surface area contributed by atoms with Crippen LogP contribution in [0.3, 0.4) is 0 Å². The van der Waals surface area contributed by atoms with Gasteiger partial charge in [-0.1, -0.05) is 25.1 Å². The van der Waals surface area contributed by atoms with Gasteiger partial charge in [0.2, 0.25) is 10.0 Å². The lowest BCUT2D eigenvalue weighted by molar-refractivity contribution is -0.136. The molecule has 0 saturated carbocycles. The van der Waals surface area contributed by atoms with Gasteiger partial charge in [-0.2, -0.15) is 9.40 Å². The number of aliphatic carboxylic acids is 1. The topological polar surface area (TPSA) is 105 Å². The van der Waals surface area contributed by atoms with Crippen molar-refractivity contribution in [1.82, 2.24) is 19.1 Å². The lowest BCUT2D eigenvalue weighted by atomic mass is 10.1. The molecular weight excluding hydrogens is 448 g/mol. The van der Waals surface area contributed by atoms with Crippen molar-refractivity contribution < 1.29 is 18.3 Å². The Morgan fingerprint density at radius 2 is 2.00 bits per heavy atom. The van der Waals surface area contributed by atoms with Crippen LogP contribution in [-0.2, 0) is 21.2 Å². The first kappa shape index (κ1) is 21.0. The number of fused-ring (bicyclic) bond motifs is 2. The molecule has 2 atom stereocenters. The van der Waals surface area contributed by atoms with E-state index in [0.717, 1.165) is 26.1 Å². The number of nitrogens with zero attached hydrogens (tertiary/aromatic N) is 4. The second-order valence-corrected chi connectivity index (χ2v) is 11.4. The Labute approximate surface area is 189 Å². The summed E-state index contributed by atoms with van der Waals surface area (Å²) in [5, 5.41) is 15.5. The molecule has 1 saturated heterocycles. The average Bonchev–Trinajstić information content (AvgIpc) is 3.41. The third-order valence-corrected chi connectivity index (χ3v) is 8.73. The van der Waals surface area contributed by atoms with Gasteiger partial charge in [0.15, 0.2) is 0 Å². The minimum atomic E-state index is -3.68. The summed E-state index contributed by atoms with van der Waals surface area (Å²) in [4.78, 5) is 16.0. The van der Waals surface area contributed by atoms with Crippen molar-refractivity contribution in [3.05, 3.63) is 53.2 Å². The summed E-state index contributed by atoms with van der Waals surface area (Å²) in [5.41, 5.74) is 2.11. The zero-order valence-electron chi connectivity index (χ0n) is 17.6. The summed E-state index contributed by atoms with van der Waals surface area (Å²) < 4.78 is 31.0. The zero-order chi connectivity index (χ0) is 22.6. The van der Waals surface area contributed by atoms with Crippen LogP contribution in [0.5, 0.6) is 0 Å². The molecule has 3 heterocycles. The van der Waals surface area contributed by atoms with Crippen LogP contribution in [0.25, 0.3) is 21.1 Å². The predicted molar refractivity (Wildman–Crippen MR) is 122 cm³/mol. The number of hydrogen-bond donors (Lipinski definition) is 1. The Bertz CT molecular complexity index is 1460. The summed E-state index contributed by atoms with van der Waals surface area (Å²) in [6.07, 6.45) is -0.176. The summed E-state index contributed by atoms with van der Waals surface area (Å²) >= 11 is 1.48. The van der Waals surface area contributed by atoms with E-state index in [9.17, 15) is 18.3 Å². The van der Waals surface area contributed by atoms with Crippen molar-refractivity contribution in [3.63, 3.8) is 0 Å². The summed E-state index contributed by atoms with van der Waals surface area (Å²) in [7, 11) is -3.68. The Morgan fingerprint density at radius 3 is 2.78 bits per heavy atom. The smallest absolute Gasteiger partial charge is 0.309 e. The van der Waals surface area contributed by atoms with Gasteiger partial charge in [-0.05, 0) is 37.1 Å². The highest BCUT2D eigenvalue weighted by Crippen LogP contribution is 2.35. The first-order valence-electron chi connectivity index (χ1n) is 10.3. The van der Waals surface area contributed by atoms with E-state index in [-0.39, 0.29) is 29.8 Å². The van der Waals surface area contributed by atoms with Crippen molar-refractivity contribution in [2.75, 3.05) is 13.1 Å². The van der Waals surface area contributed by atoms with Crippen LogP contribution >= 0.6 is 11.3 Å². The van der Waals surface area contributed by atoms with Crippen LogP contribution in [-0.4, -0.2) is 51.7 Å². The third kappa shape index (κ3) is 3.48. The maximum Gasteiger partial charge on any atom is 0.309 e. The normalized spacial score (nSPS) is 19.8. The molecule has 0 amide bonds. The molecule has 0 unspecified atom stereocenters. The SMILES string of the molecule is Cc1nc2ccc(S(=O)(=O)N3C[C@@H](C)[C@@H](n4nc(CC(=O)O)c5ccccc54)C3)cc2s1. The highest BCUT2D eigenvalue weighted by atomic mass is 32.2. The van der Waals surface area contributed by atoms with Crippen molar-refractivity contribution in [2.45, 2.75) is 31.2 Å². The van der Waals surface area contributed by atoms with E-state index >= 15 is 0 Å². The van der Waals surface area contributed by atoms with Crippen LogP contribution < -0.4 is 0 Å². The van der Waals surface area contributed by atoms with Crippen LogP contribution in [0.1, 0.15) is 23.7 Å². The van der Waals surface area contributed by atoms with Gasteiger partial charge in [-0.25, -0.2) is 13.4 Å². The quantitative estimate of drug-likeness (QED) is 0.479. The van der Waals surface area contributed by atoms with Gasteiger partial charge in [0.1, 0.15) is 0 Å². The summed E-state index contributed by atoms with van der Waals surface area (Å²) in [6, 6.07) is 12.4. The fourth-order valence-corrected chi connectivity index (χ4v) is 6.96. The fraction of sp³-hybridized carbons (Fsp3) is 0.318. The standard InChI is InChI=1S/C22H22N4O4S2/c1-13-11-25(32(29,30)15-7-8-17-21(9-15)31-14(2)23-17)12-20(13)26-19-6-4-3-5-16(19)18(24-26)10-22(27)28/h3-9,13,20H,10-12H2,1-2H3,(H,27,28)/t13-,20+/m1/s1. The molecule has 4 aromatic rings. The second kappa shape index (κ2) is 7.65. The number of thiazole rings is 1. The molecule has 0 bridgehead atoms. The number of benzene rings is 2. The van der Waals surface area contributed by atoms with E-state index in [4.69, 9.17) is 0 Å². The molecule has 1 fully saturated rings. The summed E-state index contributed by atoms with van der Waals surface area (Å²) in [5.74, 6) is -0.932. The van der Waals surface area contributed by atoms with Gasteiger partial charge >= 0.3 is 5.97 Å². The fourth-order valence-electron chi connectivity index (χ4n) is 4.43. The van der Waals surface area contributed by atoms with E-state index in [1.165, 1.54) is 15.6 Å². The molecule has 1 aliphatic rings. The molecule has 0 radical (unpaired) electrons. The Kier molecular flexibility index (Phi) is 5.03. The molecule has 166 valence electrons. The molecule has 1 aliphatic heterocycles. The molecule has 10 heteroatoms. The first-order chi connectivity index (χ1) is 15.2. The number of carboxylic acid groups (broad SMARTS) is 1. The van der Waals surface area contributed by atoms with Gasteiger partial charge in [0, 0.05) is 18.5 Å². The number of sulfonamides is 1. The lowest BCUT2D eigenvalue weighted by Crippen LogP contribution is -2.29. The first-order valence-corrected chi connectivity index (χ1v) is 12.5. The van der Waals surface area contributed by atoms with E-state index in [2.05, 4.69) is 10.1 Å². The number of aryl methyl sites for hydroxylation is 1. The Morgan fingerprint density at radius 1 is 1.22 bits per heavy atom. The van der Waals surface area contributed by atoms with Crippen LogP contribution in [0.2, 0.25) is 0 Å². The highest BCUT2D eigenvalue weighted by molar-refractivity contribution is 7.89. The average molecular weight is 471 g/mol. The van der Waals surface area contributed by atoms with Crippen molar-refractivity contribution in [2.24, 2.45) is 5.92 Å². The van der Waals surface area contributed by atoms with Crippen molar-refractivity contribution >= 4 is 48.4 Å². The maximum absolute atomic E-state index is 13.4. The number of rotatable bonds is 5. The number of carbonyl (C=O) groups is 1. The molecule has 0 aliphatic carbocycles. The van der Waals surface area contributed by atoms with Crippen molar-refractivity contribution in [3.8, 4) is 0 Å². The molecular formula is C22H22N4O4S2. The maximum atomic E-state index is 13.4.